The first-order chi connectivity index (χ1) is 13.6. The van der Waals surface area contributed by atoms with Gasteiger partial charge in [-0.15, -0.1) is 0 Å². The number of ether oxygens (including phenoxy) is 1. The second-order valence-corrected chi connectivity index (χ2v) is 7.43. The van der Waals surface area contributed by atoms with Crippen molar-refractivity contribution < 1.29 is 4.74 Å². The lowest BCUT2D eigenvalue weighted by Crippen LogP contribution is -2.47. The van der Waals surface area contributed by atoms with Crippen molar-refractivity contribution in [3.8, 4) is 11.4 Å². The summed E-state index contributed by atoms with van der Waals surface area (Å²) < 4.78 is 9.74. The molecule has 0 spiro atoms. The number of aryl methyl sites for hydroxylation is 1. The van der Waals surface area contributed by atoms with Gasteiger partial charge in [0.05, 0.1) is 13.8 Å². The van der Waals surface area contributed by atoms with Crippen molar-refractivity contribution in [2.24, 2.45) is 0 Å². The van der Waals surface area contributed by atoms with Gasteiger partial charge in [-0.25, -0.2) is 4.68 Å². The Labute approximate surface area is 170 Å². The second-order valence-electron chi connectivity index (χ2n) is 7.07. The van der Waals surface area contributed by atoms with Gasteiger partial charge in [-0.05, 0) is 61.1 Å². The molecule has 7 heteroatoms. The topological polar surface area (TPSA) is 38.5 Å². The van der Waals surface area contributed by atoms with Crippen molar-refractivity contribution >= 4 is 17.9 Å². The standard InChI is InChI=1S/C21H25N5OS/c1-17-4-3-5-19(14-17)24-12-10-23(11-13-24)16-26-21(28)25(15-22-26)18-6-8-20(27-2)9-7-18/h3-9,14-15H,10-13,16H2,1-2H3. The van der Waals surface area contributed by atoms with E-state index in [1.54, 1.807) is 13.4 Å². The van der Waals surface area contributed by atoms with Crippen LogP contribution in [0.4, 0.5) is 5.69 Å². The molecule has 146 valence electrons. The molecule has 4 rings (SSSR count). The Hall–Kier alpha value is -2.64. The van der Waals surface area contributed by atoms with Crippen LogP contribution >= 0.6 is 12.2 Å². The maximum atomic E-state index is 5.65. The zero-order valence-corrected chi connectivity index (χ0v) is 17.1. The number of methoxy groups -OCH3 is 1. The van der Waals surface area contributed by atoms with Crippen LogP contribution in [-0.2, 0) is 6.67 Å². The third kappa shape index (κ3) is 3.95. The lowest BCUT2D eigenvalue weighted by atomic mass is 10.2. The van der Waals surface area contributed by atoms with E-state index in [1.807, 2.05) is 33.5 Å². The first kappa shape index (κ1) is 18.7. The third-order valence-electron chi connectivity index (χ3n) is 5.16. The summed E-state index contributed by atoms with van der Waals surface area (Å²) in [6.07, 6.45) is 1.78. The summed E-state index contributed by atoms with van der Waals surface area (Å²) in [5.74, 6) is 0.828. The van der Waals surface area contributed by atoms with Gasteiger partial charge < -0.3 is 9.64 Å². The summed E-state index contributed by atoms with van der Waals surface area (Å²) in [7, 11) is 1.66. The molecule has 0 radical (unpaired) electrons. The van der Waals surface area contributed by atoms with Gasteiger partial charge in [-0.3, -0.25) is 9.47 Å². The van der Waals surface area contributed by atoms with Crippen LogP contribution in [0.25, 0.3) is 5.69 Å². The molecule has 0 aliphatic carbocycles. The molecule has 0 saturated carbocycles. The summed E-state index contributed by atoms with van der Waals surface area (Å²) in [5, 5.41) is 4.51. The summed E-state index contributed by atoms with van der Waals surface area (Å²) in [4.78, 5) is 4.84. The van der Waals surface area contributed by atoms with E-state index in [4.69, 9.17) is 17.0 Å². The fourth-order valence-corrected chi connectivity index (χ4v) is 3.77. The van der Waals surface area contributed by atoms with E-state index in [-0.39, 0.29) is 0 Å². The van der Waals surface area contributed by atoms with Gasteiger partial charge in [0.2, 0.25) is 4.77 Å². The number of hydrogen-bond acceptors (Lipinski definition) is 5. The number of piperazine rings is 1. The largest absolute Gasteiger partial charge is 0.497 e. The molecule has 1 saturated heterocycles. The van der Waals surface area contributed by atoms with Gasteiger partial charge in [-0.2, -0.15) is 5.10 Å². The maximum absolute atomic E-state index is 5.65. The minimum absolute atomic E-state index is 0.700. The number of rotatable bonds is 5. The maximum Gasteiger partial charge on any atom is 0.203 e. The molecule has 0 atom stereocenters. The van der Waals surface area contributed by atoms with Crippen molar-refractivity contribution in [3.05, 3.63) is 65.2 Å². The normalized spacial score (nSPS) is 15.0. The van der Waals surface area contributed by atoms with E-state index in [0.717, 1.165) is 37.6 Å². The molecule has 2 aromatic carbocycles. The van der Waals surface area contributed by atoms with Crippen LogP contribution in [-0.4, -0.2) is 52.5 Å². The molecule has 0 N–H and O–H groups in total. The Morgan fingerprint density at radius 3 is 2.43 bits per heavy atom. The van der Waals surface area contributed by atoms with Gasteiger partial charge in [0.1, 0.15) is 12.1 Å². The van der Waals surface area contributed by atoms with Crippen LogP contribution in [0.2, 0.25) is 0 Å². The molecule has 3 aromatic rings. The summed E-state index contributed by atoms with van der Waals surface area (Å²) in [6.45, 7) is 6.85. The van der Waals surface area contributed by atoms with Crippen molar-refractivity contribution in [1.29, 1.82) is 0 Å². The van der Waals surface area contributed by atoms with Gasteiger partial charge >= 0.3 is 0 Å². The average Bonchev–Trinajstić information content (AvgIpc) is 3.09. The Morgan fingerprint density at radius 1 is 1.00 bits per heavy atom. The molecule has 2 heterocycles. The van der Waals surface area contributed by atoms with Gasteiger partial charge in [0, 0.05) is 37.6 Å². The molecule has 1 aliphatic rings. The van der Waals surface area contributed by atoms with Crippen LogP contribution in [0.15, 0.2) is 54.9 Å². The third-order valence-corrected chi connectivity index (χ3v) is 5.56. The van der Waals surface area contributed by atoms with Crippen LogP contribution in [0.5, 0.6) is 5.75 Å². The predicted octanol–water partition coefficient (Wildman–Crippen LogP) is 3.50. The molecule has 1 aromatic heterocycles. The summed E-state index contributed by atoms with van der Waals surface area (Å²) >= 11 is 5.65. The molecule has 1 aliphatic heterocycles. The van der Waals surface area contributed by atoms with Gasteiger partial charge in [0.25, 0.3) is 0 Å². The predicted molar refractivity (Wildman–Crippen MR) is 114 cm³/mol. The number of benzene rings is 2. The van der Waals surface area contributed by atoms with E-state index < -0.39 is 0 Å². The first-order valence-corrected chi connectivity index (χ1v) is 9.88. The highest BCUT2D eigenvalue weighted by atomic mass is 32.1. The van der Waals surface area contributed by atoms with E-state index in [1.165, 1.54) is 11.3 Å². The van der Waals surface area contributed by atoms with Crippen LogP contribution < -0.4 is 9.64 Å². The molecule has 0 amide bonds. The Kier molecular flexibility index (Phi) is 5.45. The zero-order chi connectivity index (χ0) is 19.5. The van der Waals surface area contributed by atoms with E-state index >= 15 is 0 Å². The molecular formula is C21H25N5OS. The number of nitrogens with zero attached hydrogens (tertiary/aromatic N) is 5. The summed E-state index contributed by atoms with van der Waals surface area (Å²) in [6, 6.07) is 16.5. The SMILES string of the molecule is COc1ccc(-n2cnn(CN3CCN(c4cccc(C)c4)CC3)c2=S)cc1. The highest BCUT2D eigenvalue weighted by Gasteiger charge is 2.18. The average molecular weight is 396 g/mol. The van der Waals surface area contributed by atoms with Crippen molar-refractivity contribution in [3.63, 3.8) is 0 Å². The highest BCUT2D eigenvalue weighted by Crippen LogP contribution is 2.19. The minimum atomic E-state index is 0.700. The lowest BCUT2D eigenvalue weighted by Gasteiger charge is -2.36. The smallest absolute Gasteiger partial charge is 0.203 e. The monoisotopic (exact) mass is 395 g/mol. The molecule has 6 nitrogen and oxygen atoms in total. The Bertz CT molecular complexity index is 987. The Morgan fingerprint density at radius 2 is 1.75 bits per heavy atom. The number of hydrogen-bond donors (Lipinski definition) is 0. The fourth-order valence-electron chi connectivity index (χ4n) is 3.52. The van der Waals surface area contributed by atoms with Gasteiger partial charge in [-0.1, -0.05) is 12.1 Å². The van der Waals surface area contributed by atoms with Gasteiger partial charge in [0.15, 0.2) is 0 Å². The van der Waals surface area contributed by atoms with Crippen molar-refractivity contribution in [2.75, 3.05) is 38.2 Å². The fraction of sp³-hybridized carbons (Fsp3) is 0.333. The second kappa shape index (κ2) is 8.16. The molecule has 0 unspecified atom stereocenters. The van der Waals surface area contributed by atoms with Crippen molar-refractivity contribution in [1.82, 2.24) is 19.2 Å². The quantitative estimate of drug-likeness (QED) is 0.618. The zero-order valence-electron chi connectivity index (χ0n) is 16.3. The number of aromatic nitrogens is 3. The lowest BCUT2D eigenvalue weighted by molar-refractivity contribution is 0.194. The summed E-state index contributed by atoms with van der Waals surface area (Å²) in [5.41, 5.74) is 3.59. The molecule has 0 bridgehead atoms. The molecule has 28 heavy (non-hydrogen) atoms. The highest BCUT2D eigenvalue weighted by molar-refractivity contribution is 7.71. The molecular weight excluding hydrogens is 370 g/mol. The minimum Gasteiger partial charge on any atom is -0.497 e. The van der Waals surface area contributed by atoms with Crippen molar-refractivity contribution in [2.45, 2.75) is 13.6 Å². The number of anilines is 1. The van der Waals surface area contributed by atoms with Crippen LogP contribution in [0, 0.1) is 11.7 Å². The van der Waals surface area contributed by atoms with E-state index in [0.29, 0.717) is 11.4 Å². The van der Waals surface area contributed by atoms with E-state index in [2.05, 4.69) is 46.1 Å². The first-order valence-electron chi connectivity index (χ1n) is 9.47. The Balaban J connectivity index is 1.40. The molecule has 1 fully saturated rings. The van der Waals surface area contributed by atoms with Crippen LogP contribution in [0.1, 0.15) is 5.56 Å². The van der Waals surface area contributed by atoms with E-state index in [9.17, 15) is 0 Å². The van der Waals surface area contributed by atoms with Crippen LogP contribution in [0.3, 0.4) is 0 Å².